The van der Waals surface area contributed by atoms with E-state index < -0.39 is 0 Å². The molecule has 3 unspecified atom stereocenters. The van der Waals surface area contributed by atoms with Gasteiger partial charge in [0.25, 0.3) is 0 Å². The zero-order valence-electron chi connectivity index (χ0n) is 25.8. The Balaban J connectivity index is 1.41. The quantitative estimate of drug-likeness (QED) is 0.222. The van der Waals surface area contributed by atoms with E-state index in [1.165, 1.54) is 161 Å². The van der Waals surface area contributed by atoms with Crippen molar-refractivity contribution in [2.45, 2.75) is 199 Å². The highest BCUT2D eigenvalue weighted by molar-refractivity contribution is 4.72. The number of hydrogen-bond acceptors (Lipinski definition) is 3. The molecule has 3 heteroatoms. The van der Waals surface area contributed by atoms with Gasteiger partial charge in [0.2, 0.25) is 0 Å². The first kappa shape index (κ1) is 32.4. The standard InChI is InChI=1S/C35H66O3/c1-30(26-27-36-32-18-12-6-3-7-13-19-32)28-35(38-34-22-16-10-5-11-17-23-34)25-24-31(2)29-37-33-20-14-8-4-9-15-21-33/h30-35H,3-29H2,1-2H3. The maximum atomic E-state index is 6.92. The third kappa shape index (κ3) is 15.0. The predicted molar refractivity (Wildman–Crippen MR) is 162 cm³/mol. The van der Waals surface area contributed by atoms with E-state index in [2.05, 4.69) is 13.8 Å². The summed E-state index contributed by atoms with van der Waals surface area (Å²) in [4.78, 5) is 0. The Labute approximate surface area is 237 Å². The molecule has 3 nitrogen and oxygen atoms in total. The van der Waals surface area contributed by atoms with Gasteiger partial charge < -0.3 is 14.2 Å². The molecule has 3 rings (SSSR count). The van der Waals surface area contributed by atoms with Crippen molar-refractivity contribution < 1.29 is 14.2 Å². The van der Waals surface area contributed by atoms with Crippen molar-refractivity contribution >= 4 is 0 Å². The molecule has 0 spiro atoms. The summed E-state index contributed by atoms with van der Waals surface area (Å²) in [6.07, 6.45) is 35.2. The van der Waals surface area contributed by atoms with Gasteiger partial charge in [0.15, 0.2) is 0 Å². The van der Waals surface area contributed by atoms with Crippen LogP contribution < -0.4 is 0 Å². The highest BCUT2D eigenvalue weighted by Crippen LogP contribution is 2.27. The minimum atomic E-state index is 0.402. The maximum Gasteiger partial charge on any atom is 0.0581 e. The van der Waals surface area contributed by atoms with E-state index in [0.717, 1.165) is 13.2 Å². The zero-order valence-corrected chi connectivity index (χ0v) is 25.8. The van der Waals surface area contributed by atoms with Crippen LogP contribution in [-0.4, -0.2) is 37.6 Å². The number of ether oxygens (including phenoxy) is 3. The molecule has 0 aromatic heterocycles. The second kappa shape index (κ2) is 20.7. The normalized spacial score (nSPS) is 24.8. The van der Waals surface area contributed by atoms with Crippen molar-refractivity contribution in [1.82, 2.24) is 0 Å². The predicted octanol–water partition coefficient (Wildman–Crippen LogP) is 10.6. The monoisotopic (exact) mass is 535 g/mol. The lowest BCUT2D eigenvalue weighted by Crippen LogP contribution is -2.27. The summed E-state index contributed by atoms with van der Waals surface area (Å²) < 4.78 is 19.8. The van der Waals surface area contributed by atoms with Crippen molar-refractivity contribution in [1.29, 1.82) is 0 Å². The van der Waals surface area contributed by atoms with E-state index in [4.69, 9.17) is 14.2 Å². The van der Waals surface area contributed by atoms with Crippen molar-refractivity contribution in [3.63, 3.8) is 0 Å². The van der Waals surface area contributed by atoms with Gasteiger partial charge in [-0.3, -0.25) is 0 Å². The molecule has 3 aliphatic rings. The smallest absolute Gasteiger partial charge is 0.0581 e. The second-order valence-electron chi connectivity index (χ2n) is 13.7. The van der Waals surface area contributed by atoms with Gasteiger partial charge in [-0.2, -0.15) is 0 Å². The third-order valence-corrected chi connectivity index (χ3v) is 9.77. The molecule has 38 heavy (non-hydrogen) atoms. The first-order valence-corrected chi connectivity index (χ1v) is 17.6. The Morgan fingerprint density at radius 2 is 0.921 bits per heavy atom. The van der Waals surface area contributed by atoms with Crippen LogP contribution in [0.5, 0.6) is 0 Å². The highest BCUT2D eigenvalue weighted by atomic mass is 16.5. The summed E-state index contributed by atoms with van der Waals surface area (Å²) in [5, 5.41) is 0. The molecule has 0 bridgehead atoms. The van der Waals surface area contributed by atoms with Gasteiger partial charge in [0.1, 0.15) is 0 Å². The van der Waals surface area contributed by atoms with E-state index in [0.29, 0.717) is 36.3 Å². The number of hydrogen-bond donors (Lipinski definition) is 0. The molecule has 3 saturated carbocycles. The fourth-order valence-corrected chi connectivity index (χ4v) is 7.10. The molecule has 3 atom stereocenters. The Morgan fingerprint density at radius 3 is 1.45 bits per heavy atom. The lowest BCUT2D eigenvalue weighted by molar-refractivity contribution is -0.0462. The van der Waals surface area contributed by atoms with Crippen LogP contribution in [-0.2, 0) is 14.2 Å². The van der Waals surface area contributed by atoms with Crippen molar-refractivity contribution in [2.75, 3.05) is 13.2 Å². The molecule has 0 heterocycles. The summed E-state index contributed by atoms with van der Waals surface area (Å²) in [5.74, 6) is 1.30. The van der Waals surface area contributed by atoms with Gasteiger partial charge in [-0.15, -0.1) is 0 Å². The molecule has 3 aliphatic carbocycles. The van der Waals surface area contributed by atoms with Crippen molar-refractivity contribution in [2.24, 2.45) is 11.8 Å². The van der Waals surface area contributed by atoms with Crippen molar-refractivity contribution in [3.8, 4) is 0 Å². The summed E-state index contributed by atoms with van der Waals surface area (Å²) >= 11 is 0. The average Bonchev–Trinajstić information content (AvgIpc) is 2.84. The fraction of sp³-hybridized carbons (Fsp3) is 1.00. The second-order valence-corrected chi connectivity index (χ2v) is 13.7. The van der Waals surface area contributed by atoms with Gasteiger partial charge >= 0.3 is 0 Å². The Morgan fingerprint density at radius 1 is 0.474 bits per heavy atom. The molecule has 0 saturated heterocycles. The molecule has 0 amide bonds. The third-order valence-electron chi connectivity index (χ3n) is 9.77. The van der Waals surface area contributed by atoms with Crippen LogP contribution in [0.3, 0.4) is 0 Å². The number of rotatable bonds is 14. The minimum absolute atomic E-state index is 0.402. The summed E-state index contributed by atoms with van der Waals surface area (Å²) in [5.41, 5.74) is 0. The lowest BCUT2D eigenvalue weighted by atomic mass is 9.93. The molecule has 0 aromatic rings. The van der Waals surface area contributed by atoms with Gasteiger partial charge in [0.05, 0.1) is 24.4 Å². The van der Waals surface area contributed by atoms with Gasteiger partial charge in [-0.25, -0.2) is 0 Å². The Hall–Kier alpha value is -0.120. The topological polar surface area (TPSA) is 27.7 Å². The van der Waals surface area contributed by atoms with Crippen molar-refractivity contribution in [3.05, 3.63) is 0 Å². The van der Waals surface area contributed by atoms with E-state index in [-0.39, 0.29) is 0 Å². The molecule has 224 valence electrons. The molecule has 0 N–H and O–H groups in total. The first-order chi connectivity index (χ1) is 18.7. The molecular weight excluding hydrogens is 468 g/mol. The molecule has 0 aliphatic heterocycles. The lowest BCUT2D eigenvalue weighted by Gasteiger charge is -2.29. The first-order valence-electron chi connectivity index (χ1n) is 17.6. The minimum Gasteiger partial charge on any atom is -0.378 e. The van der Waals surface area contributed by atoms with E-state index >= 15 is 0 Å². The summed E-state index contributed by atoms with van der Waals surface area (Å²) in [7, 11) is 0. The Bertz CT molecular complexity index is 527. The maximum absolute atomic E-state index is 6.92. The van der Waals surface area contributed by atoms with Crippen LogP contribution in [0.2, 0.25) is 0 Å². The molecule has 3 fully saturated rings. The summed E-state index contributed by atoms with van der Waals surface area (Å²) in [6.45, 7) is 6.72. The Kier molecular flexibility index (Phi) is 17.7. The van der Waals surface area contributed by atoms with Crippen LogP contribution in [0, 0.1) is 11.8 Å². The highest BCUT2D eigenvalue weighted by Gasteiger charge is 2.22. The molecule has 0 aromatic carbocycles. The van der Waals surface area contributed by atoms with Gasteiger partial charge in [0, 0.05) is 13.2 Å². The fourth-order valence-electron chi connectivity index (χ4n) is 7.10. The van der Waals surface area contributed by atoms with Gasteiger partial charge in [-0.05, 0) is 76.0 Å². The van der Waals surface area contributed by atoms with Crippen LogP contribution in [0.15, 0.2) is 0 Å². The largest absolute Gasteiger partial charge is 0.378 e. The molecular formula is C35H66O3. The van der Waals surface area contributed by atoms with E-state index in [9.17, 15) is 0 Å². The van der Waals surface area contributed by atoms with Gasteiger partial charge in [-0.1, -0.05) is 110 Å². The average molecular weight is 535 g/mol. The zero-order chi connectivity index (χ0) is 26.7. The molecule has 0 radical (unpaired) electrons. The van der Waals surface area contributed by atoms with Crippen LogP contribution >= 0.6 is 0 Å². The van der Waals surface area contributed by atoms with E-state index in [1.807, 2.05) is 0 Å². The SMILES string of the molecule is CC(CCC(CC(C)CCOC1CCCCCCC1)OC1CCCCCCC1)COC1CCCCCCC1. The van der Waals surface area contributed by atoms with Crippen LogP contribution in [0.4, 0.5) is 0 Å². The van der Waals surface area contributed by atoms with Crippen LogP contribution in [0.25, 0.3) is 0 Å². The summed E-state index contributed by atoms with van der Waals surface area (Å²) in [6, 6.07) is 0. The van der Waals surface area contributed by atoms with E-state index in [1.54, 1.807) is 0 Å². The van der Waals surface area contributed by atoms with Crippen LogP contribution in [0.1, 0.15) is 174 Å².